The predicted molar refractivity (Wildman–Crippen MR) is 52.9 cm³/mol. The van der Waals surface area contributed by atoms with Gasteiger partial charge in [0.25, 0.3) is 0 Å². The Labute approximate surface area is 83.4 Å². The lowest BCUT2D eigenvalue weighted by Crippen LogP contribution is -2.42. The van der Waals surface area contributed by atoms with E-state index in [1.807, 2.05) is 6.92 Å². The van der Waals surface area contributed by atoms with Crippen LogP contribution < -0.4 is 5.32 Å². The molecule has 0 radical (unpaired) electrons. The first-order valence-electron chi connectivity index (χ1n) is 4.65. The monoisotopic (exact) mass is 197 g/mol. The molecule has 1 aliphatic heterocycles. The molecule has 0 atom stereocenters. The van der Waals surface area contributed by atoms with Gasteiger partial charge in [0.15, 0.2) is 0 Å². The van der Waals surface area contributed by atoms with Crippen molar-refractivity contribution in [1.82, 2.24) is 15.1 Å². The Morgan fingerprint density at radius 3 is 2.93 bits per heavy atom. The van der Waals surface area contributed by atoms with Crippen molar-refractivity contribution in [1.29, 1.82) is 0 Å². The molecule has 0 bridgehead atoms. The summed E-state index contributed by atoms with van der Waals surface area (Å²) in [6.45, 7) is 7.44. The van der Waals surface area contributed by atoms with Crippen LogP contribution in [0.5, 0.6) is 0 Å². The number of carbonyl (C=O) groups excluding carboxylic acids is 2. The maximum Gasteiger partial charge on any atom is 0.328 e. The zero-order valence-corrected chi connectivity index (χ0v) is 8.32. The molecule has 1 fully saturated rings. The zero-order chi connectivity index (χ0) is 10.6. The van der Waals surface area contributed by atoms with Crippen LogP contribution in [0.2, 0.25) is 0 Å². The molecule has 0 unspecified atom stereocenters. The van der Waals surface area contributed by atoms with Crippen LogP contribution in [0.15, 0.2) is 12.7 Å². The van der Waals surface area contributed by atoms with Crippen LogP contribution in [0.3, 0.4) is 0 Å². The second-order valence-corrected chi connectivity index (χ2v) is 3.00. The topological polar surface area (TPSA) is 52.6 Å². The highest BCUT2D eigenvalue weighted by Gasteiger charge is 2.31. The van der Waals surface area contributed by atoms with E-state index < -0.39 is 0 Å². The number of hydrogen-bond acceptors (Lipinski definition) is 2. The Bertz CT molecular complexity index is 252. The van der Waals surface area contributed by atoms with E-state index >= 15 is 0 Å². The molecular weight excluding hydrogens is 182 g/mol. The number of nitrogens with zero attached hydrogens (tertiary/aromatic N) is 2. The third-order valence-electron chi connectivity index (χ3n) is 2.02. The minimum Gasteiger partial charge on any atom is -0.338 e. The van der Waals surface area contributed by atoms with Gasteiger partial charge in [-0.15, -0.1) is 6.58 Å². The van der Waals surface area contributed by atoms with Crippen molar-refractivity contribution in [3.8, 4) is 0 Å². The fourth-order valence-corrected chi connectivity index (χ4v) is 1.34. The molecule has 0 aliphatic carbocycles. The van der Waals surface area contributed by atoms with Gasteiger partial charge >= 0.3 is 12.1 Å². The maximum atomic E-state index is 11.6. The van der Waals surface area contributed by atoms with Crippen LogP contribution in [-0.4, -0.2) is 48.0 Å². The highest BCUT2D eigenvalue weighted by atomic mass is 16.2. The van der Waals surface area contributed by atoms with Crippen molar-refractivity contribution >= 4 is 12.1 Å². The van der Waals surface area contributed by atoms with Gasteiger partial charge < -0.3 is 10.2 Å². The molecule has 5 heteroatoms. The molecule has 1 aliphatic rings. The maximum absolute atomic E-state index is 11.6. The lowest BCUT2D eigenvalue weighted by Gasteiger charge is -2.15. The lowest BCUT2D eigenvalue weighted by atomic mass is 10.5. The lowest BCUT2D eigenvalue weighted by molar-refractivity contribution is 0.187. The van der Waals surface area contributed by atoms with E-state index in [0.29, 0.717) is 26.2 Å². The Hall–Kier alpha value is -1.52. The summed E-state index contributed by atoms with van der Waals surface area (Å²) < 4.78 is 0. The molecule has 14 heavy (non-hydrogen) atoms. The molecule has 1 N–H and O–H groups in total. The fourth-order valence-electron chi connectivity index (χ4n) is 1.34. The summed E-state index contributed by atoms with van der Waals surface area (Å²) in [6, 6.07) is -0.556. The van der Waals surface area contributed by atoms with Gasteiger partial charge in [-0.3, -0.25) is 0 Å². The summed E-state index contributed by atoms with van der Waals surface area (Å²) >= 11 is 0. The van der Waals surface area contributed by atoms with Crippen molar-refractivity contribution in [3.63, 3.8) is 0 Å². The van der Waals surface area contributed by atoms with Gasteiger partial charge in [-0.1, -0.05) is 6.08 Å². The average molecular weight is 197 g/mol. The molecule has 1 heterocycles. The van der Waals surface area contributed by atoms with Gasteiger partial charge in [0, 0.05) is 26.2 Å². The van der Waals surface area contributed by atoms with Crippen molar-refractivity contribution in [2.24, 2.45) is 0 Å². The molecule has 0 spiro atoms. The first kappa shape index (κ1) is 10.6. The second kappa shape index (κ2) is 4.64. The smallest absolute Gasteiger partial charge is 0.328 e. The summed E-state index contributed by atoms with van der Waals surface area (Å²) in [6.07, 6.45) is 1.65. The quantitative estimate of drug-likeness (QED) is 0.675. The van der Waals surface area contributed by atoms with Crippen LogP contribution in [-0.2, 0) is 0 Å². The highest BCUT2D eigenvalue weighted by Crippen LogP contribution is 2.08. The summed E-state index contributed by atoms with van der Waals surface area (Å²) in [5.74, 6) is 0. The van der Waals surface area contributed by atoms with Crippen LogP contribution in [0, 0.1) is 0 Å². The Kier molecular flexibility index (Phi) is 3.50. The van der Waals surface area contributed by atoms with Gasteiger partial charge in [0.1, 0.15) is 0 Å². The minimum atomic E-state index is -0.316. The Morgan fingerprint density at radius 1 is 1.64 bits per heavy atom. The third-order valence-corrected chi connectivity index (χ3v) is 2.02. The molecule has 0 aromatic heterocycles. The van der Waals surface area contributed by atoms with E-state index in [9.17, 15) is 9.59 Å². The van der Waals surface area contributed by atoms with Crippen LogP contribution in [0.25, 0.3) is 0 Å². The van der Waals surface area contributed by atoms with Crippen LogP contribution in [0.1, 0.15) is 6.92 Å². The van der Waals surface area contributed by atoms with Gasteiger partial charge in [0.05, 0.1) is 0 Å². The van der Waals surface area contributed by atoms with E-state index in [2.05, 4.69) is 11.9 Å². The summed E-state index contributed by atoms with van der Waals surface area (Å²) in [7, 11) is 0. The standard InChI is InChI=1S/C9H15N3O2/c1-3-5-11-6-7-12(9(11)14)8(13)10-4-2/h3H,1,4-7H2,2H3,(H,10,13). The van der Waals surface area contributed by atoms with E-state index in [-0.39, 0.29) is 12.1 Å². The summed E-state index contributed by atoms with van der Waals surface area (Å²) in [5.41, 5.74) is 0. The van der Waals surface area contributed by atoms with E-state index in [0.717, 1.165) is 0 Å². The number of rotatable bonds is 3. The SMILES string of the molecule is C=CCN1CCN(C(=O)NCC)C1=O. The van der Waals surface area contributed by atoms with Crippen molar-refractivity contribution < 1.29 is 9.59 Å². The summed E-state index contributed by atoms with van der Waals surface area (Å²) in [5, 5.41) is 2.59. The molecule has 1 rings (SSSR count). The zero-order valence-electron chi connectivity index (χ0n) is 8.32. The van der Waals surface area contributed by atoms with Crippen LogP contribution in [0.4, 0.5) is 9.59 Å². The first-order valence-corrected chi connectivity index (χ1v) is 4.65. The van der Waals surface area contributed by atoms with Gasteiger partial charge in [-0.2, -0.15) is 0 Å². The van der Waals surface area contributed by atoms with Crippen molar-refractivity contribution in [2.45, 2.75) is 6.92 Å². The predicted octanol–water partition coefficient (Wildman–Crippen LogP) is 0.639. The number of amides is 4. The number of hydrogen-bond donors (Lipinski definition) is 1. The molecule has 4 amide bonds. The molecule has 0 aromatic rings. The Balaban J connectivity index is 2.54. The average Bonchev–Trinajstić information content (AvgIpc) is 2.49. The van der Waals surface area contributed by atoms with Gasteiger partial charge in [0.2, 0.25) is 0 Å². The third kappa shape index (κ3) is 2.04. The molecule has 0 saturated carbocycles. The summed E-state index contributed by atoms with van der Waals surface area (Å²) in [4.78, 5) is 25.7. The van der Waals surface area contributed by atoms with E-state index in [1.165, 1.54) is 4.90 Å². The molecule has 0 aromatic carbocycles. The highest BCUT2D eigenvalue weighted by molar-refractivity contribution is 5.95. The first-order chi connectivity index (χ1) is 6.70. The number of imide groups is 1. The second-order valence-electron chi connectivity index (χ2n) is 3.00. The van der Waals surface area contributed by atoms with E-state index in [4.69, 9.17) is 0 Å². The largest absolute Gasteiger partial charge is 0.338 e. The normalized spacial score (nSPS) is 15.9. The number of urea groups is 2. The number of nitrogens with one attached hydrogen (secondary N) is 1. The van der Waals surface area contributed by atoms with Crippen molar-refractivity contribution in [3.05, 3.63) is 12.7 Å². The van der Waals surface area contributed by atoms with Gasteiger partial charge in [-0.25, -0.2) is 14.5 Å². The van der Waals surface area contributed by atoms with Gasteiger partial charge in [-0.05, 0) is 6.92 Å². The molecule has 78 valence electrons. The Morgan fingerprint density at radius 2 is 2.36 bits per heavy atom. The molecular formula is C9H15N3O2. The van der Waals surface area contributed by atoms with Crippen molar-refractivity contribution in [2.75, 3.05) is 26.2 Å². The number of carbonyl (C=O) groups is 2. The molecule has 1 saturated heterocycles. The van der Waals surface area contributed by atoms with E-state index in [1.54, 1.807) is 11.0 Å². The fraction of sp³-hybridized carbons (Fsp3) is 0.556. The minimum absolute atomic E-state index is 0.240. The molecule has 5 nitrogen and oxygen atoms in total. The van der Waals surface area contributed by atoms with Crippen LogP contribution >= 0.6 is 0 Å².